The SMILES string of the molecule is C=C(C)C(=O)N(CCN)c1ccccn1. The van der Waals surface area contributed by atoms with Crippen LogP contribution in [0.15, 0.2) is 36.5 Å². The zero-order valence-corrected chi connectivity index (χ0v) is 8.81. The first-order chi connectivity index (χ1) is 7.16. The Labute approximate surface area is 89.4 Å². The molecule has 0 aromatic carbocycles. The molecule has 0 aliphatic heterocycles. The summed E-state index contributed by atoms with van der Waals surface area (Å²) in [5.74, 6) is 0.468. The van der Waals surface area contributed by atoms with E-state index in [2.05, 4.69) is 11.6 Å². The van der Waals surface area contributed by atoms with E-state index >= 15 is 0 Å². The van der Waals surface area contributed by atoms with Gasteiger partial charge in [-0.15, -0.1) is 0 Å². The average molecular weight is 205 g/mol. The molecule has 4 nitrogen and oxygen atoms in total. The minimum Gasteiger partial charge on any atom is -0.329 e. The summed E-state index contributed by atoms with van der Waals surface area (Å²) in [5, 5.41) is 0. The summed E-state index contributed by atoms with van der Waals surface area (Å²) in [4.78, 5) is 17.4. The molecular formula is C11H15N3O. The summed E-state index contributed by atoms with van der Waals surface area (Å²) < 4.78 is 0. The molecule has 0 spiro atoms. The third-order valence-electron chi connectivity index (χ3n) is 1.89. The number of nitrogens with zero attached hydrogens (tertiary/aromatic N) is 2. The molecule has 0 bridgehead atoms. The highest BCUT2D eigenvalue weighted by Crippen LogP contribution is 2.11. The first kappa shape index (κ1) is 11.4. The van der Waals surface area contributed by atoms with Crippen LogP contribution in [-0.2, 0) is 4.79 Å². The molecule has 2 N–H and O–H groups in total. The lowest BCUT2D eigenvalue weighted by Gasteiger charge is -2.20. The molecule has 0 aliphatic carbocycles. The number of amides is 1. The van der Waals surface area contributed by atoms with Crippen molar-refractivity contribution in [1.82, 2.24) is 4.98 Å². The van der Waals surface area contributed by atoms with Gasteiger partial charge in [0.05, 0.1) is 0 Å². The number of carbonyl (C=O) groups excluding carboxylic acids is 1. The molecular weight excluding hydrogens is 190 g/mol. The number of pyridine rings is 1. The predicted molar refractivity (Wildman–Crippen MR) is 60.5 cm³/mol. The van der Waals surface area contributed by atoms with Crippen LogP contribution >= 0.6 is 0 Å². The molecule has 1 rings (SSSR count). The Hall–Kier alpha value is -1.68. The van der Waals surface area contributed by atoms with Crippen LogP contribution in [0.4, 0.5) is 5.82 Å². The van der Waals surface area contributed by atoms with Gasteiger partial charge in [0.25, 0.3) is 5.91 Å². The minimum atomic E-state index is -0.140. The molecule has 15 heavy (non-hydrogen) atoms. The molecule has 0 atom stereocenters. The predicted octanol–water partition coefficient (Wildman–Crippen LogP) is 0.949. The van der Waals surface area contributed by atoms with E-state index in [1.165, 1.54) is 4.90 Å². The fourth-order valence-corrected chi connectivity index (χ4v) is 1.19. The molecule has 0 radical (unpaired) electrons. The number of carbonyl (C=O) groups is 1. The van der Waals surface area contributed by atoms with E-state index in [0.29, 0.717) is 24.5 Å². The van der Waals surface area contributed by atoms with Gasteiger partial charge in [0.1, 0.15) is 5.82 Å². The number of aromatic nitrogens is 1. The fraction of sp³-hybridized carbons (Fsp3) is 0.273. The van der Waals surface area contributed by atoms with Crippen LogP contribution in [0, 0.1) is 0 Å². The lowest BCUT2D eigenvalue weighted by molar-refractivity contribution is -0.115. The summed E-state index contributed by atoms with van der Waals surface area (Å²) >= 11 is 0. The monoisotopic (exact) mass is 205 g/mol. The van der Waals surface area contributed by atoms with Gasteiger partial charge >= 0.3 is 0 Å². The summed E-state index contributed by atoms with van der Waals surface area (Å²) in [6, 6.07) is 5.41. The Morgan fingerprint density at radius 3 is 2.80 bits per heavy atom. The zero-order valence-electron chi connectivity index (χ0n) is 8.81. The Bertz CT molecular complexity index is 348. The lowest BCUT2D eigenvalue weighted by Crippen LogP contribution is -2.36. The topological polar surface area (TPSA) is 59.2 Å². The second kappa shape index (κ2) is 5.26. The molecule has 0 saturated heterocycles. The van der Waals surface area contributed by atoms with Crippen LogP contribution < -0.4 is 10.6 Å². The number of hydrogen-bond acceptors (Lipinski definition) is 3. The van der Waals surface area contributed by atoms with Crippen LogP contribution in [-0.4, -0.2) is 24.0 Å². The van der Waals surface area contributed by atoms with Gasteiger partial charge in [-0.2, -0.15) is 0 Å². The highest BCUT2D eigenvalue weighted by atomic mass is 16.2. The van der Waals surface area contributed by atoms with E-state index in [-0.39, 0.29) is 5.91 Å². The number of hydrogen-bond donors (Lipinski definition) is 1. The third kappa shape index (κ3) is 2.89. The van der Waals surface area contributed by atoms with Crippen molar-refractivity contribution in [2.75, 3.05) is 18.0 Å². The first-order valence-corrected chi connectivity index (χ1v) is 4.75. The van der Waals surface area contributed by atoms with Crippen LogP contribution in [0.3, 0.4) is 0 Å². The van der Waals surface area contributed by atoms with Crippen molar-refractivity contribution in [3.05, 3.63) is 36.5 Å². The van der Waals surface area contributed by atoms with Crippen LogP contribution in [0.2, 0.25) is 0 Å². The van der Waals surface area contributed by atoms with Crippen molar-refractivity contribution < 1.29 is 4.79 Å². The normalized spacial score (nSPS) is 9.73. The van der Waals surface area contributed by atoms with Crippen LogP contribution in [0.5, 0.6) is 0 Å². The quantitative estimate of drug-likeness (QED) is 0.744. The molecule has 80 valence electrons. The summed E-state index contributed by atoms with van der Waals surface area (Å²) in [6.07, 6.45) is 1.64. The van der Waals surface area contributed by atoms with Crippen molar-refractivity contribution in [3.8, 4) is 0 Å². The van der Waals surface area contributed by atoms with Gasteiger partial charge in [-0.1, -0.05) is 12.6 Å². The van der Waals surface area contributed by atoms with Crippen molar-refractivity contribution in [2.24, 2.45) is 5.73 Å². The Morgan fingerprint density at radius 2 is 2.33 bits per heavy atom. The van der Waals surface area contributed by atoms with Crippen molar-refractivity contribution in [3.63, 3.8) is 0 Å². The van der Waals surface area contributed by atoms with E-state index in [9.17, 15) is 4.79 Å². The van der Waals surface area contributed by atoms with E-state index in [1.807, 2.05) is 6.07 Å². The van der Waals surface area contributed by atoms with Crippen molar-refractivity contribution in [1.29, 1.82) is 0 Å². The highest BCUT2D eigenvalue weighted by molar-refractivity contribution is 6.04. The van der Waals surface area contributed by atoms with Gasteiger partial charge in [0, 0.05) is 24.9 Å². The van der Waals surface area contributed by atoms with Gasteiger partial charge in [-0.25, -0.2) is 4.98 Å². The fourth-order valence-electron chi connectivity index (χ4n) is 1.19. The van der Waals surface area contributed by atoms with E-state index in [1.54, 1.807) is 25.3 Å². The van der Waals surface area contributed by atoms with Crippen LogP contribution in [0.1, 0.15) is 6.92 Å². The van der Waals surface area contributed by atoms with E-state index < -0.39 is 0 Å². The van der Waals surface area contributed by atoms with Gasteiger partial charge in [-0.05, 0) is 19.1 Å². The molecule has 0 unspecified atom stereocenters. The van der Waals surface area contributed by atoms with Crippen LogP contribution in [0.25, 0.3) is 0 Å². The summed E-state index contributed by atoms with van der Waals surface area (Å²) in [7, 11) is 0. The number of anilines is 1. The highest BCUT2D eigenvalue weighted by Gasteiger charge is 2.15. The third-order valence-corrected chi connectivity index (χ3v) is 1.89. The largest absolute Gasteiger partial charge is 0.329 e. The summed E-state index contributed by atoms with van der Waals surface area (Å²) in [6.45, 7) is 6.14. The number of nitrogens with two attached hydrogens (primary N) is 1. The molecule has 1 heterocycles. The molecule has 0 fully saturated rings. The first-order valence-electron chi connectivity index (χ1n) is 4.75. The van der Waals surface area contributed by atoms with Crippen molar-refractivity contribution in [2.45, 2.75) is 6.92 Å². The molecule has 0 saturated carbocycles. The molecule has 1 amide bonds. The second-order valence-corrected chi connectivity index (χ2v) is 3.21. The molecule has 1 aromatic heterocycles. The average Bonchev–Trinajstić information content (AvgIpc) is 2.26. The molecule has 1 aromatic rings. The maximum absolute atomic E-state index is 11.8. The Morgan fingerprint density at radius 1 is 1.60 bits per heavy atom. The second-order valence-electron chi connectivity index (χ2n) is 3.21. The number of rotatable bonds is 4. The molecule has 4 heteroatoms. The lowest BCUT2D eigenvalue weighted by atomic mass is 10.3. The maximum Gasteiger partial charge on any atom is 0.254 e. The van der Waals surface area contributed by atoms with Gasteiger partial charge in [0.2, 0.25) is 0 Å². The minimum absolute atomic E-state index is 0.140. The smallest absolute Gasteiger partial charge is 0.254 e. The Balaban J connectivity index is 2.93. The van der Waals surface area contributed by atoms with Gasteiger partial charge < -0.3 is 5.73 Å². The maximum atomic E-state index is 11.8. The van der Waals surface area contributed by atoms with Crippen molar-refractivity contribution >= 4 is 11.7 Å². The van der Waals surface area contributed by atoms with E-state index in [4.69, 9.17) is 5.73 Å². The molecule has 0 aliphatic rings. The summed E-state index contributed by atoms with van der Waals surface area (Å²) in [5.41, 5.74) is 5.93. The van der Waals surface area contributed by atoms with Gasteiger partial charge in [0.15, 0.2) is 0 Å². The Kier molecular flexibility index (Phi) is 4.00. The van der Waals surface area contributed by atoms with E-state index in [0.717, 1.165) is 0 Å². The van der Waals surface area contributed by atoms with Gasteiger partial charge in [-0.3, -0.25) is 9.69 Å². The standard InChI is InChI=1S/C11H15N3O/c1-9(2)11(15)14(8-6-12)10-5-3-4-7-13-10/h3-5,7H,1,6,8,12H2,2H3. The zero-order chi connectivity index (χ0) is 11.3.